The molecule has 0 aromatic heterocycles. The van der Waals surface area contributed by atoms with Gasteiger partial charge >= 0.3 is 12.4 Å². The lowest BCUT2D eigenvalue weighted by Gasteiger charge is -2.40. The zero-order valence-corrected chi connectivity index (χ0v) is 25.4. The predicted molar refractivity (Wildman–Crippen MR) is 159 cm³/mol. The number of halogens is 6. The van der Waals surface area contributed by atoms with Gasteiger partial charge in [-0.15, -0.1) is 0 Å². The number of aryl methyl sites for hydroxylation is 6. The molecule has 0 radical (unpaired) electrons. The molecule has 0 aliphatic carbocycles. The molecule has 0 aliphatic heterocycles. The first-order chi connectivity index (χ1) is 19.9. The maximum absolute atomic E-state index is 15.2. The molecule has 0 aliphatic rings. The van der Waals surface area contributed by atoms with E-state index < -0.39 is 35.0 Å². The average molecular weight is 599 g/mol. The van der Waals surface area contributed by atoms with Gasteiger partial charge in [-0.3, -0.25) is 0 Å². The summed E-state index contributed by atoms with van der Waals surface area (Å²) in [5, 5.41) is 11.6. The molecule has 0 spiro atoms. The topological polar surface area (TPSA) is 20.2 Å². The van der Waals surface area contributed by atoms with Gasteiger partial charge in [-0.1, -0.05) is 66.7 Å². The molecule has 1 unspecified atom stereocenters. The summed E-state index contributed by atoms with van der Waals surface area (Å²) in [6.45, 7) is 12.2. The van der Waals surface area contributed by atoms with Gasteiger partial charge in [0.05, 0.1) is 0 Å². The van der Waals surface area contributed by atoms with E-state index in [1.165, 1.54) is 32.0 Å². The van der Waals surface area contributed by atoms with Crippen LogP contribution in [0.25, 0.3) is 0 Å². The molecule has 228 valence electrons. The van der Waals surface area contributed by atoms with Crippen LogP contribution in [0.4, 0.5) is 26.3 Å². The highest BCUT2D eigenvalue weighted by Gasteiger charge is 2.73. The Labute approximate surface area is 249 Å². The van der Waals surface area contributed by atoms with E-state index in [4.69, 9.17) is 0 Å². The molecule has 0 amide bonds. The Hall–Kier alpha value is -3.58. The standard InChI is InChI=1S/C36H36F6O/c1-20-11-15-28(17-24(20)5)33(43)32-26(7)22(3)12-14-27(32)19-30-23(4)9-8-10-31(30)34(35(37,38)39,36(40,41)42)29-16-13-21(2)25(6)18-29/h8-18,33,43H,19H2,1-7H3. The second-order valence-electron chi connectivity index (χ2n) is 11.6. The monoisotopic (exact) mass is 598 g/mol. The van der Waals surface area contributed by atoms with Crippen LogP contribution in [0.15, 0.2) is 66.7 Å². The zero-order chi connectivity index (χ0) is 32.1. The molecule has 0 fully saturated rings. The van der Waals surface area contributed by atoms with Crippen molar-refractivity contribution in [1.82, 2.24) is 0 Å². The first kappa shape index (κ1) is 32.3. The first-order valence-corrected chi connectivity index (χ1v) is 14.1. The third kappa shape index (κ3) is 5.60. The van der Waals surface area contributed by atoms with E-state index in [0.29, 0.717) is 33.4 Å². The number of alkyl halides is 6. The van der Waals surface area contributed by atoms with Crippen LogP contribution in [0.2, 0.25) is 0 Å². The Morgan fingerprint density at radius 1 is 0.605 bits per heavy atom. The van der Waals surface area contributed by atoms with Crippen LogP contribution in [0.3, 0.4) is 0 Å². The zero-order valence-electron chi connectivity index (χ0n) is 25.4. The molecule has 4 aromatic rings. The molecular formula is C36H36F6O. The molecule has 43 heavy (non-hydrogen) atoms. The van der Waals surface area contributed by atoms with Crippen LogP contribution >= 0.6 is 0 Å². The van der Waals surface area contributed by atoms with Crippen molar-refractivity contribution in [3.05, 3.63) is 139 Å². The maximum atomic E-state index is 15.2. The smallest absolute Gasteiger partial charge is 0.384 e. The van der Waals surface area contributed by atoms with Gasteiger partial charge < -0.3 is 5.11 Å². The van der Waals surface area contributed by atoms with Crippen LogP contribution in [0.1, 0.15) is 78.4 Å². The highest BCUT2D eigenvalue weighted by Crippen LogP contribution is 2.57. The van der Waals surface area contributed by atoms with E-state index in [1.807, 2.05) is 39.8 Å². The summed E-state index contributed by atoms with van der Waals surface area (Å²) < 4.78 is 91.1. The van der Waals surface area contributed by atoms with Crippen molar-refractivity contribution in [2.24, 2.45) is 0 Å². The molecular weight excluding hydrogens is 562 g/mol. The van der Waals surface area contributed by atoms with E-state index in [1.54, 1.807) is 25.1 Å². The number of benzene rings is 4. The van der Waals surface area contributed by atoms with Crippen molar-refractivity contribution in [2.75, 3.05) is 0 Å². The highest BCUT2D eigenvalue weighted by molar-refractivity contribution is 5.55. The van der Waals surface area contributed by atoms with Crippen molar-refractivity contribution in [3.8, 4) is 0 Å². The summed E-state index contributed by atoms with van der Waals surface area (Å²) in [7, 11) is 0. The van der Waals surface area contributed by atoms with E-state index in [9.17, 15) is 5.11 Å². The maximum Gasteiger partial charge on any atom is 0.411 e. The van der Waals surface area contributed by atoms with Crippen LogP contribution in [0.5, 0.6) is 0 Å². The number of rotatable bonds is 6. The fraction of sp³-hybridized carbons (Fsp3) is 0.333. The summed E-state index contributed by atoms with van der Waals surface area (Å²) in [6, 6.07) is 15.9. The molecule has 0 saturated heterocycles. The molecule has 0 heterocycles. The number of hydrogen-bond acceptors (Lipinski definition) is 1. The van der Waals surface area contributed by atoms with Gasteiger partial charge in [0, 0.05) is 0 Å². The Kier molecular flexibility index (Phi) is 8.64. The lowest BCUT2D eigenvalue weighted by Crippen LogP contribution is -2.55. The van der Waals surface area contributed by atoms with Crippen molar-refractivity contribution in [2.45, 2.75) is 78.8 Å². The number of aliphatic hydroxyl groups is 1. The molecule has 0 saturated carbocycles. The summed E-state index contributed by atoms with van der Waals surface area (Å²) in [5.74, 6) is 0. The molecule has 1 nitrogen and oxygen atoms in total. The highest BCUT2D eigenvalue weighted by atomic mass is 19.4. The van der Waals surface area contributed by atoms with E-state index in [2.05, 4.69) is 0 Å². The fourth-order valence-electron chi connectivity index (χ4n) is 5.93. The van der Waals surface area contributed by atoms with Gasteiger partial charge in [-0.25, -0.2) is 0 Å². The van der Waals surface area contributed by atoms with Gasteiger partial charge in [-0.05, 0) is 127 Å². The third-order valence-corrected chi connectivity index (χ3v) is 8.97. The molecule has 4 rings (SSSR count). The molecule has 0 bridgehead atoms. The summed E-state index contributed by atoms with van der Waals surface area (Å²) >= 11 is 0. The van der Waals surface area contributed by atoms with Crippen LogP contribution < -0.4 is 0 Å². The number of aliphatic hydroxyl groups excluding tert-OH is 1. The SMILES string of the molecule is Cc1ccc(C(O)c2c(Cc3c(C)cccc3C(c3ccc(C)c(C)c3)(C(F)(F)F)C(F)(F)F)ccc(C)c2C)cc1C. The van der Waals surface area contributed by atoms with Crippen molar-refractivity contribution < 1.29 is 31.4 Å². The quantitative estimate of drug-likeness (QED) is 0.219. The van der Waals surface area contributed by atoms with E-state index in [-0.39, 0.29) is 12.0 Å². The van der Waals surface area contributed by atoms with Crippen LogP contribution in [-0.2, 0) is 11.8 Å². The Morgan fingerprint density at radius 2 is 1.16 bits per heavy atom. The second-order valence-corrected chi connectivity index (χ2v) is 11.6. The largest absolute Gasteiger partial charge is 0.411 e. The van der Waals surface area contributed by atoms with E-state index in [0.717, 1.165) is 40.5 Å². The third-order valence-electron chi connectivity index (χ3n) is 8.97. The minimum absolute atomic E-state index is 0.0767. The lowest BCUT2D eigenvalue weighted by molar-refractivity contribution is -0.288. The second kappa shape index (κ2) is 11.5. The van der Waals surface area contributed by atoms with Gasteiger partial charge in [0.15, 0.2) is 0 Å². The minimum Gasteiger partial charge on any atom is -0.384 e. The van der Waals surface area contributed by atoms with Gasteiger partial charge in [0.2, 0.25) is 5.41 Å². The Morgan fingerprint density at radius 3 is 1.72 bits per heavy atom. The molecule has 4 aromatic carbocycles. The molecule has 1 N–H and O–H groups in total. The summed E-state index contributed by atoms with van der Waals surface area (Å²) in [4.78, 5) is 0. The fourth-order valence-corrected chi connectivity index (χ4v) is 5.93. The Balaban J connectivity index is 2.03. The van der Waals surface area contributed by atoms with Gasteiger partial charge in [0.1, 0.15) is 6.10 Å². The van der Waals surface area contributed by atoms with Crippen LogP contribution in [-0.4, -0.2) is 17.5 Å². The summed E-state index contributed by atoms with van der Waals surface area (Å²) in [6.07, 6.45) is -12.8. The minimum atomic E-state index is -5.71. The van der Waals surface area contributed by atoms with Gasteiger partial charge in [-0.2, -0.15) is 26.3 Å². The first-order valence-electron chi connectivity index (χ1n) is 14.1. The summed E-state index contributed by atoms with van der Waals surface area (Å²) in [5.41, 5.74) is 0.230. The normalized spacial score (nSPS) is 13.3. The molecule has 1 atom stereocenters. The predicted octanol–water partition coefficient (Wildman–Crippen LogP) is 9.93. The Bertz CT molecular complexity index is 1650. The van der Waals surface area contributed by atoms with Crippen LogP contribution in [0, 0.1) is 48.5 Å². The van der Waals surface area contributed by atoms with Gasteiger partial charge in [0.25, 0.3) is 0 Å². The lowest BCUT2D eigenvalue weighted by atomic mass is 9.69. The van der Waals surface area contributed by atoms with Crippen molar-refractivity contribution in [3.63, 3.8) is 0 Å². The van der Waals surface area contributed by atoms with E-state index >= 15 is 26.3 Å². The molecule has 7 heteroatoms. The van der Waals surface area contributed by atoms with Crippen molar-refractivity contribution in [1.29, 1.82) is 0 Å². The van der Waals surface area contributed by atoms with Crippen molar-refractivity contribution >= 4 is 0 Å². The number of hydrogen-bond donors (Lipinski definition) is 1. The average Bonchev–Trinajstić information content (AvgIpc) is 2.90.